The number of nitrogens with one attached hydrogen (secondary N) is 1. The lowest BCUT2D eigenvalue weighted by Gasteiger charge is -2.32. The van der Waals surface area contributed by atoms with E-state index < -0.39 is 23.1 Å². The van der Waals surface area contributed by atoms with E-state index in [1.54, 1.807) is 12.1 Å². The Morgan fingerprint density at radius 3 is 2.80 bits per heavy atom. The van der Waals surface area contributed by atoms with Crippen LogP contribution >= 0.6 is 11.8 Å². The average molecular weight is 430 g/mol. The maximum atomic E-state index is 13.8. The summed E-state index contributed by atoms with van der Waals surface area (Å²) in [7, 11) is 0. The third-order valence-corrected chi connectivity index (χ3v) is 6.02. The van der Waals surface area contributed by atoms with Crippen molar-refractivity contribution >= 4 is 28.5 Å². The van der Waals surface area contributed by atoms with Crippen LogP contribution < -0.4 is 11.1 Å². The number of hydrogen-bond donors (Lipinski definition) is 2. The number of thioether (sulfide) groups is 1. The summed E-state index contributed by atoms with van der Waals surface area (Å²) in [4.78, 5) is 25.0. The number of amides is 1. The predicted molar refractivity (Wildman–Crippen MR) is 112 cm³/mol. The Labute approximate surface area is 176 Å². The Bertz CT molecular complexity index is 1000. The van der Waals surface area contributed by atoms with E-state index in [0.29, 0.717) is 16.9 Å². The Morgan fingerprint density at radius 2 is 2.17 bits per heavy atom. The van der Waals surface area contributed by atoms with Gasteiger partial charge in [-0.1, -0.05) is 18.7 Å². The van der Waals surface area contributed by atoms with E-state index in [2.05, 4.69) is 20.3 Å². The van der Waals surface area contributed by atoms with Gasteiger partial charge in [0.05, 0.1) is 16.9 Å². The Morgan fingerprint density at radius 1 is 1.40 bits per heavy atom. The highest BCUT2D eigenvalue weighted by molar-refractivity contribution is 8.14. The summed E-state index contributed by atoms with van der Waals surface area (Å²) in [5.74, 6) is -3.59. The van der Waals surface area contributed by atoms with Gasteiger partial charge in [-0.2, -0.15) is 5.26 Å². The van der Waals surface area contributed by atoms with Crippen molar-refractivity contribution in [3.05, 3.63) is 53.6 Å². The van der Waals surface area contributed by atoms with Gasteiger partial charge >= 0.3 is 0 Å². The molecule has 0 fully saturated rings. The van der Waals surface area contributed by atoms with Gasteiger partial charge in [-0.15, -0.1) is 0 Å². The zero-order chi connectivity index (χ0) is 21.9. The van der Waals surface area contributed by atoms with E-state index in [4.69, 9.17) is 11.0 Å². The number of carbonyl (C=O) groups is 1. The van der Waals surface area contributed by atoms with Crippen molar-refractivity contribution in [2.75, 3.05) is 5.32 Å². The Hall–Kier alpha value is -3.06. The van der Waals surface area contributed by atoms with E-state index in [0.717, 1.165) is 18.7 Å². The van der Waals surface area contributed by atoms with Gasteiger partial charge < -0.3 is 11.1 Å². The Kier molecular flexibility index (Phi) is 6.31. The minimum absolute atomic E-state index is 0.140. The fraction of sp³-hybridized carbons (Fsp3) is 0.350. The van der Waals surface area contributed by atoms with Gasteiger partial charge in [0.1, 0.15) is 11.8 Å². The number of nitrogens with two attached hydrogens (primary N) is 1. The highest BCUT2D eigenvalue weighted by atomic mass is 32.2. The molecule has 0 aromatic carbocycles. The number of halogens is 2. The number of carbonyl (C=O) groups excluding carboxylic acids is 1. The normalized spacial score (nSPS) is 20.0. The monoisotopic (exact) mass is 430 g/mol. The highest BCUT2D eigenvalue weighted by Gasteiger charge is 2.41. The van der Waals surface area contributed by atoms with Crippen molar-refractivity contribution in [1.29, 1.82) is 5.26 Å². The van der Waals surface area contributed by atoms with Crippen molar-refractivity contribution in [1.82, 2.24) is 9.97 Å². The third kappa shape index (κ3) is 5.10. The molecule has 3 rings (SSSR count). The van der Waals surface area contributed by atoms with E-state index in [9.17, 15) is 13.6 Å². The molecule has 3 heterocycles. The van der Waals surface area contributed by atoms with Crippen LogP contribution in [0.4, 0.5) is 14.5 Å². The lowest BCUT2D eigenvalue weighted by Crippen LogP contribution is -2.38. The molecule has 2 aromatic heterocycles. The lowest BCUT2D eigenvalue weighted by molar-refractivity contribution is 0.0155. The molecule has 30 heavy (non-hydrogen) atoms. The summed E-state index contributed by atoms with van der Waals surface area (Å²) >= 11 is 0.895. The number of anilines is 1. The van der Waals surface area contributed by atoms with E-state index >= 15 is 0 Å². The molecule has 10 heteroatoms. The molecule has 0 radical (unpaired) electrons. The van der Waals surface area contributed by atoms with Gasteiger partial charge in [-0.3, -0.25) is 14.8 Å². The smallest absolute Gasteiger partial charge is 0.274 e. The number of amidine groups is 1. The summed E-state index contributed by atoms with van der Waals surface area (Å²) < 4.78 is 27.6. The molecule has 3 N–H and O–H groups in total. The lowest BCUT2D eigenvalue weighted by atomic mass is 9.92. The van der Waals surface area contributed by atoms with Crippen molar-refractivity contribution in [2.24, 2.45) is 10.7 Å². The molecule has 1 aliphatic heterocycles. The minimum Gasteiger partial charge on any atom is -0.379 e. The van der Waals surface area contributed by atoms with Gasteiger partial charge in [0.2, 0.25) is 0 Å². The van der Waals surface area contributed by atoms with Gasteiger partial charge in [-0.05, 0) is 30.7 Å². The highest BCUT2D eigenvalue weighted by Crippen LogP contribution is 2.39. The number of nitrogens with zero attached hydrogens (tertiary/aromatic N) is 4. The summed E-state index contributed by atoms with van der Waals surface area (Å²) in [5, 5.41) is 10.7. The standard InChI is InChI=1S/C20H20F2N6OS/c1-11(16-8-17(20(2,21)22)30-19(24)28-16)15-7-13(5-6-25-15)27-18(29)14-4-3-12(9-23)10-26-14/h3-7,10-11,16-17H,8H2,1-2H3,(H2,24,28)(H,25,27,29)/t11-,16?,17+/m1/s1. The molecular formula is C20H20F2N6OS. The predicted octanol–water partition coefficient (Wildman–Crippen LogP) is 3.55. The summed E-state index contributed by atoms with van der Waals surface area (Å²) in [6.45, 7) is 2.73. The van der Waals surface area contributed by atoms with Gasteiger partial charge in [0.25, 0.3) is 11.8 Å². The summed E-state index contributed by atoms with van der Waals surface area (Å²) in [6.07, 6.45) is 3.02. The molecular weight excluding hydrogens is 410 g/mol. The number of nitriles is 1. The molecule has 1 aliphatic rings. The first-order chi connectivity index (χ1) is 14.2. The first-order valence-electron chi connectivity index (χ1n) is 9.18. The molecule has 1 amide bonds. The molecule has 0 aliphatic carbocycles. The second-order valence-electron chi connectivity index (χ2n) is 7.09. The molecule has 156 valence electrons. The molecule has 0 bridgehead atoms. The SMILES string of the molecule is C[C@H](c1cc(NC(=O)c2ccc(C#N)cn2)ccn1)C1C[C@@H](C(C)(F)F)SC(N)=N1. The van der Waals surface area contributed by atoms with E-state index in [1.807, 2.05) is 13.0 Å². The van der Waals surface area contributed by atoms with Crippen LogP contribution in [0.3, 0.4) is 0 Å². The topological polar surface area (TPSA) is 117 Å². The van der Waals surface area contributed by atoms with Crippen LogP contribution in [0.2, 0.25) is 0 Å². The van der Waals surface area contributed by atoms with Gasteiger partial charge in [0, 0.05) is 36.6 Å². The fourth-order valence-electron chi connectivity index (χ4n) is 3.05. The minimum atomic E-state index is -2.87. The zero-order valence-corrected chi connectivity index (χ0v) is 17.2. The van der Waals surface area contributed by atoms with Crippen LogP contribution in [0.25, 0.3) is 0 Å². The zero-order valence-electron chi connectivity index (χ0n) is 16.3. The second kappa shape index (κ2) is 8.75. The largest absolute Gasteiger partial charge is 0.379 e. The van der Waals surface area contributed by atoms with Crippen molar-refractivity contribution in [3.8, 4) is 6.07 Å². The first kappa shape index (κ1) is 21.6. The summed E-state index contributed by atoms with van der Waals surface area (Å²) in [6, 6.07) is 7.76. The van der Waals surface area contributed by atoms with Crippen LogP contribution in [-0.4, -0.2) is 38.3 Å². The number of hydrogen-bond acceptors (Lipinski definition) is 7. The first-order valence-corrected chi connectivity index (χ1v) is 10.1. The van der Waals surface area contributed by atoms with Gasteiger partial charge in [-0.25, -0.2) is 13.8 Å². The molecule has 7 nitrogen and oxygen atoms in total. The van der Waals surface area contributed by atoms with Crippen LogP contribution in [-0.2, 0) is 0 Å². The second-order valence-corrected chi connectivity index (χ2v) is 8.31. The molecule has 0 saturated carbocycles. The maximum Gasteiger partial charge on any atom is 0.274 e. The fourth-order valence-corrected chi connectivity index (χ4v) is 4.04. The number of aliphatic imine (C=N–C) groups is 1. The molecule has 2 aromatic rings. The van der Waals surface area contributed by atoms with Crippen molar-refractivity contribution < 1.29 is 13.6 Å². The number of rotatable bonds is 5. The number of alkyl halides is 2. The molecule has 0 spiro atoms. The van der Waals surface area contributed by atoms with Crippen LogP contribution in [0.5, 0.6) is 0 Å². The van der Waals surface area contributed by atoms with Crippen molar-refractivity contribution in [3.63, 3.8) is 0 Å². The maximum absolute atomic E-state index is 13.8. The number of pyridine rings is 2. The van der Waals surface area contributed by atoms with Crippen LogP contribution in [0.1, 0.15) is 47.9 Å². The summed E-state index contributed by atoms with van der Waals surface area (Å²) in [5.41, 5.74) is 7.39. The third-order valence-electron chi connectivity index (χ3n) is 4.78. The average Bonchev–Trinajstić information content (AvgIpc) is 2.72. The quantitative estimate of drug-likeness (QED) is 0.749. The molecule has 3 atom stereocenters. The Balaban J connectivity index is 1.75. The van der Waals surface area contributed by atoms with E-state index in [1.165, 1.54) is 24.5 Å². The van der Waals surface area contributed by atoms with Crippen LogP contribution in [0.15, 0.2) is 41.7 Å². The molecule has 1 unspecified atom stereocenters. The van der Waals surface area contributed by atoms with Crippen molar-refractivity contribution in [2.45, 2.75) is 43.4 Å². The molecule has 0 saturated heterocycles. The van der Waals surface area contributed by atoms with Gasteiger partial charge in [0.15, 0.2) is 5.17 Å². The van der Waals surface area contributed by atoms with E-state index in [-0.39, 0.29) is 23.2 Å². The van der Waals surface area contributed by atoms with Crippen LogP contribution in [0, 0.1) is 11.3 Å². The number of aromatic nitrogens is 2.